The van der Waals surface area contributed by atoms with E-state index in [4.69, 9.17) is 26.8 Å². The number of halogens is 2. The van der Waals surface area contributed by atoms with Gasteiger partial charge in [-0.05, 0) is 13.0 Å². The Kier molecular flexibility index (Phi) is 7.51. The molecule has 2 N–H and O–H groups in total. The number of hydrogen-bond acceptors (Lipinski definition) is 3. The summed E-state index contributed by atoms with van der Waals surface area (Å²) in [6, 6.07) is 5.47. The highest BCUT2D eigenvalue weighted by atomic mass is 35.5. The summed E-state index contributed by atoms with van der Waals surface area (Å²) in [6.45, 7) is 2.90. The van der Waals surface area contributed by atoms with Gasteiger partial charge in [0.2, 0.25) is 0 Å². The predicted molar refractivity (Wildman–Crippen MR) is 68.7 cm³/mol. The number of methoxy groups -OCH3 is 1. The predicted octanol–water partition coefficient (Wildman–Crippen LogP) is 2.81. The molecule has 0 aliphatic carbocycles. The summed E-state index contributed by atoms with van der Waals surface area (Å²) in [7, 11) is 1.63. The molecule has 1 aromatic rings. The highest BCUT2D eigenvalue weighted by Gasteiger charge is 2.11. The first-order valence-corrected chi connectivity index (χ1v) is 5.20. The molecule has 0 amide bonds. The summed E-state index contributed by atoms with van der Waals surface area (Å²) >= 11 is 6.03. The zero-order chi connectivity index (χ0) is 11.3. The second-order valence-corrected chi connectivity index (χ2v) is 3.70. The number of para-hydroxylation sites is 1. The van der Waals surface area contributed by atoms with E-state index in [1.54, 1.807) is 13.2 Å². The number of ether oxygens (including phenoxy) is 2. The lowest BCUT2D eigenvalue weighted by atomic mass is 10.1. The van der Waals surface area contributed by atoms with Gasteiger partial charge in [0.15, 0.2) is 0 Å². The molecular weight excluding hydrogens is 249 g/mol. The highest BCUT2D eigenvalue weighted by Crippen LogP contribution is 2.31. The number of rotatable bonds is 5. The van der Waals surface area contributed by atoms with Crippen LogP contribution in [-0.2, 0) is 4.74 Å². The van der Waals surface area contributed by atoms with Crippen molar-refractivity contribution in [3.05, 3.63) is 28.8 Å². The molecule has 1 unspecified atom stereocenters. The zero-order valence-corrected chi connectivity index (χ0v) is 11.0. The Morgan fingerprint density at radius 2 is 2.06 bits per heavy atom. The SMILES string of the molecule is COCCOc1c(Cl)cccc1C(C)N.Cl. The lowest BCUT2D eigenvalue weighted by Crippen LogP contribution is -2.11. The van der Waals surface area contributed by atoms with Gasteiger partial charge in [-0.2, -0.15) is 0 Å². The van der Waals surface area contributed by atoms with Crippen LogP contribution in [0.2, 0.25) is 5.02 Å². The summed E-state index contributed by atoms with van der Waals surface area (Å²) in [6.07, 6.45) is 0. The van der Waals surface area contributed by atoms with Gasteiger partial charge in [-0.3, -0.25) is 0 Å². The van der Waals surface area contributed by atoms with Crippen LogP contribution < -0.4 is 10.5 Å². The average Bonchev–Trinajstić information content (AvgIpc) is 2.20. The normalized spacial score (nSPS) is 11.8. The molecule has 0 saturated heterocycles. The third-order valence-corrected chi connectivity index (χ3v) is 2.32. The molecule has 0 heterocycles. The van der Waals surface area contributed by atoms with E-state index < -0.39 is 0 Å². The van der Waals surface area contributed by atoms with E-state index in [2.05, 4.69) is 0 Å². The first kappa shape index (κ1) is 15.5. The Labute approximate surface area is 107 Å². The van der Waals surface area contributed by atoms with E-state index in [1.165, 1.54) is 0 Å². The smallest absolute Gasteiger partial charge is 0.142 e. The van der Waals surface area contributed by atoms with E-state index in [0.717, 1.165) is 5.56 Å². The van der Waals surface area contributed by atoms with Gasteiger partial charge < -0.3 is 15.2 Å². The molecule has 5 heteroatoms. The van der Waals surface area contributed by atoms with Crippen LogP contribution >= 0.6 is 24.0 Å². The molecule has 92 valence electrons. The fraction of sp³-hybridized carbons (Fsp3) is 0.455. The largest absolute Gasteiger partial charge is 0.489 e. The maximum Gasteiger partial charge on any atom is 0.142 e. The quantitative estimate of drug-likeness (QED) is 0.833. The van der Waals surface area contributed by atoms with Crippen molar-refractivity contribution in [3.8, 4) is 5.75 Å². The van der Waals surface area contributed by atoms with Crippen molar-refractivity contribution < 1.29 is 9.47 Å². The molecule has 0 spiro atoms. The van der Waals surface area contributed by atoms with Crippen LogP contribution in [0.5, 0.6) is 5.75 Å². The minimum Gasteiger partial charge on any atom is -0.489 e. The minimum absolute atomic E-state index is 0. The van der Waals surface area contributed by atoms with Gasteiger partial charge in [-0.15, -0.1) is 12.4 Å². The Bertz CT molecular complexity index is 319. The molecule has 0 radical (unpaired) electrons. The maximum absolute atomic E-state index is 6.03. The van der Waals surface area contributed by atoms with E-state index in [0.29, 0.717) is 24.0 Å². The highest BCUT2D eigenvalue weighted by molar-refractivity contribution is 6.32. The van der Waals surface area contributed by atoms with Gasteiger partial charge in [0.1, 0.15) is 12.4 Å². The maximum atomic E-state index is 6.03. The standard InChI is InChI=1S/C11H16ClNO2.ClH/c1-8(13)9-4-3-5-10(12)11(9)15-7-6-14-2;/h3-5,8H,6-7,13H2,1-2H3;1H. The van der Waals surface area contributed by atoms with Gasteiger partial charge >= 0.3 is 0 Å². The van der Waals surface area contributed by atoms with E-state index in [-0.39, 0.29) is 18.4 Å². The van der Waals surface area contributed by atoms with Crippen molar-refractivity contribution >= 4 is 24.0 Å². The summed E-state index contributed by atoms with van der Waals surface area (Å²) in [5, 5.41) is 0.584. The first-order valence-electron chi connectivity index (χ1n) is 4.82. The van der Waals surface area contributed by atoms with Crippen LogP contribution in [0, 0.1) is 0 Å². The zero-order valence-electron chi connectivity index (χ0n) is 9.40. The van der Waals surface area contributed by atoms with E-state index in [1.807, 2.05) is 19.1 Å². The number of benzene rings is 1. The molecule has 3 nitrogen and oxygen atoms in total. The molecule has 1 atom stereocenters. The summed E-state index contributed by atoms with van der Waals surface area (Å²) in [5.41, 5.74) is 6.73. The van der Waals surface area contributed by atoms with Crippen molar-refractivity contribution in [2.75, 3.05) is 20.3 Å². The fourth-order valence-corrected chi connectivity index (χ4v) is 1.50. The minimum atomic E-state index is -0.0961. The Morgan fingerprint density at radius 3 is 2.62 bits per heavy atom. The van der Waals surface area contributed by atoms with Gasteiger partial charge in [-0.25, -0.2) is 0 Å². The monoisotopic (exact) mass is 265 g/mol. The molecule has 0 bridgehead atoms. The van der Waals surface area contributed by atoms with Crippen molar-refractivity contribution in [1.29, 1.82) is 0 Å². The lowest BCUT2D eigenvalue weighted by Gasteiger charge is -2.15. The molecule has 1 aromatic carbocycles. The molecule has 0 fully saturated rings. The van der Waals surface area contributed by atoms with Crippen molar-refractivity contribution in [2.24, 2.45) is 5.73 Å². The Morgan fingerprint density at radius 1 is 1.38 bits per heavy atom. The van der Waals surface area contributed by atoms with Crippen LogP contribution in [0.25, 0.3) is 0 Å². The van der Waals surface area contributed by atoms with Crippen LogP contribution in [-0.4, -0.2) is 20.3 Å². The second kappa shape index (κ2) is 7.74. The molecule has 0 aromatic heterocycles. The van der Waals surface area contributed by atoms with Crippen molar-refractivity contribution in [3.63, 3.8) is 0 Å². The Hall–Kier alpha value is -0.480. The summed E-state index contributed by atoms with van der Waals surface area (Å²) in [5.74, 6) is 0.659. The first-order chi connectivity index (χ1) is 7.16. The van der Waals surface area contributed by atoms with Gasteiger partial charge in [0.05, 0.1) is 11.6 Å². The van der Waals surface area contributed by atoms with Gasteiger partial charge in [-0.1, -0.05) is 23.7 Å². The van der Waals surface area contributed by atoms with Crippen molar-refractivity contribution in [1.82, 2.24) is 0 Å². The third kappa shape index (κ3) is 4.18. The van der Waals surface area contributed by atoms with E-state index >= 15 is 0 Å². The molecular formula is C11H17Cl2NO2. The average molecular weight is 266 g/mol. The van der Waals surface area contributed by atoms with Gasteiger partial charge in [0.25, 0.3) is 0 Å². The topological polar surface area (TPSA) is 44.5 Å². The molecule has 0 aliphatic heterocycles. The van der Waals surface area contributed by atoms with Crippen LogP contribution in [0.4, 0.5) is 0 Å². The van der Waals surface area contributed by atoms with Crippen molar-refractivity contribution in [2.45, 2.75) is 13.0 Å². The van der Waals surface area contributed by atoms with E-state index in [9.17, 15) is 0 Å². The lowest BCUT2D eigenvalue weighted by molar-refractivity contribution is 0.145. The van der Waals surface area contributed by atoms with Crippen LogP contribution in [0.3, 0.4) is 0 Å². The summed E-state index contributed by atoms with van der Waals surface area (Å²) < 4.78 is 10.4. The second-order valence-electron chi connectivity index (χ2n) is 3.29. The number of nitrogens with two attached hydrogens (primary N) is 1. The third-order valence-electron chi connectivity index (χ3n) is 2.02. The van der Waals surface area contributed by atoms with Crippen LogP contribution in [0.15, 0.2) is 18.2 Å². The molecule has 1 rings (SSSR count). The molecule has 0 aliphatic rings. The van der Waals surface area contributed by atoms with Crippen LogP contribution in [0.1, 0.15) is 18.5 Å². The van der Waals surface area contributed by atoms with Gasteiger partial charge in [0, 0.05) is 18.7 Å². The molecule has 16 heavy (non-hydrogen) atoms. The fourth-order valence-electron chi connectivity index (χ4n) is 1.26. The summed E-state index contributed by atoms with van der Waals surface area (Å²) in [4.78, 5) is 0. The molecule has 0 saturated carbocycles. The Balaban J connectivity index is 0.00000225. The number of hydrogen-bond donors (Lipinski definition) is 1.